The van der Waals surface area contributed by atoms with E-state index in [1.807, 2.05) is 38.1 Å². The predicted molar refractivity (Wildman–Crippen MR) is 91.0 cm³/mol. The number of thioether (sulfide) groups is 1. The van der Waals surface area contributed by atoms with Gasteiger partial charge in [0.05, 0.1) is 0 Å². The van der Waals surface area contributed by atoms with E-state index in [0.717, 1.165) is 34.2 Å². The maximum absolute atomic E-state index is 11.5. The lowest BCUT2D eigenvalue weighted by atomic mass is 10.1. The molecule has 0 unspecified atom stereocenters. The molecule has 0 aliphatic rings. The van der Waals surface area contributed by atoms with Gasteiger partial charge in [0.2, 0.25) is 0 Å². The van der Waals surface area contributed by atoms with Gasteiger partial charge in [-0.1, -0.05) is 29.8 Å². The van der Waals surface area contributed by atoms with Gasteiger partial charge in [-0.15, -0.1) is 0 Å². The first kappa shape index (κ1) is 16.4. The van der Waals surface area contributed by atoms with Gasteiger partial charge in [0.1, 0.15) is 18.1 Å². The molecule has 3 nitrogen and oxygen atoms in total. The highest BCUT2D eigenvalue weighted by molar-refractivity contribution is 8.12. The number of ether oxygens (including phenoxy) is 2. The maximum atomic E-state index is 11.5. The Morgan fingerprint density at radius 2 is 1.82 bits per heavy atom. The van der Waals surface area contributed by atoms with Crippen LogP contribution >= 0.6 is 11.8 Å². The lowest BCUT2D eigenvalue weighted by Gasteiger charge is -2.14. The SMILES string of the molecule is CSC(=O)Oc1cccc(C)c1COc1ccc(C)cc1C. The number of aryl methyl sites for hydroxylation is 3. The fraction of sp³-hybridized carbons (Fsp3) is 0.278. The van der Waals surface area contributed by atoms with E-state index in [0.29, 0.717) is 12.4 Å². The van der Waals surface area contributed by atoms with Crippen molar-refractivity contribution in [3.8, 4) is 11.5 Å². The van der Waals surface area contributed by atoms with Crippen LogP contribution in [0.5, 0.6) is 11.5 Å². The highest BCUT2D eigenvalue weighted by atomic mass is 32.2. The Kier molecular flexibility index (Phi) is 5.50. The zero-order valence-electron chi connectivity index (χ0n) is 13.3. The average molecular weight is 316 g/mol. The summed E-state index contributed by atoms with van der Waals surface area (Å²) in [4.78, 5) is 11.5. The average Bonchev–Trinajstić information content (AvgIpc) is 2.48. The van der Waals surface area contributed by atoms with Gasteiger partial charge in [-0.3, -0.25) is 0 Å². The van der Waals surface area contributed by atoms with Gasteiger partial charge < -0.3 is 9.47 Å². The Morgan fingerprint density at radius 1 is 1.05 bits per heavy atom. The van der Waals surface area contributed by atoms with Gasteiger partial charge in [0.15, 0.2) is 0 Å². The highest BCUT2D eigenvalue weighted by Crippen LogP contribution is 2.27. The summed E-state index contributed by atoms with van der Waals surface area (Å²) in [6, 6.07) is 11.7. The molecule has 0 fully saturated rings. The van der Waals surface area contributed by atoms with Crippen LogP contribution in [0.25, 0.3) is 0 Å². The van der Waals surface area contributed by atoms with Crippen molar-refractivity contribution in [3.05, 3.63) is 58.7 Å². The Bertz CT molecular complexity index is 680. The second-order valence-electron chi connectivity index (χ2n) is 5.17. The van der Waals surface area contributed by atoms with Gasteiger partial charge in [-0.05, 0) is 62.0 Å². The summed E-state index contributed by atoms with van der Waals surface area (Å²) < 4.78 is 11.3. The molecule has 4 heteroatoms. The van der Waals surface area contributed by atoms with Gasteiger partial charge in [0.25, 0.3) is 0 Å². The Labute approximate surface area is 135 Å². The highest BCUT2D eigenvalue weighted by Gasteiger charge is 2.12. The Morgan fingerprint density at radius 3 is 2.50 bits per heavy atom. The fourth-order valence-corrected chi connectivity index (χ4v) is 2.37. The van der Waals surface area contributed by atoms with E-state index in [9.17, 15) is 4.79 Å². The number of carbonyl (C=O) groups is 1. The summed E-state index contributed by atoms with van der Waals surface area (Å²) in [6.45, 7) is 6.43. The minimum absolute atomic E-state index is 0.321. The molecule has 2 rings (SSSR count). The van der Waals surface area contributed by atoms with Crippen LogP contribution in [0.4, 0.5) is 4.79 Å². The summed E-state index contributed by atoms with van der Waals surface area (Å²) in [5.41, 5.74) is 4.23. The first-order valence-electron chi connectivity index (χ1n) is 7.05. The largest absolute Gasteiger partial charge is 0.488 e. The topological polar surface area (TPSA) is 35.5 Å². The normalized spacial score (nSPS) is 10.4. The lowest BCUT2D eigenvalue weighted by Crippen LogP contribution is -2.06. The molecule has 0 aliphatic heterocycles. The third-order valence-corrected chi connectivity index (χ3v) is 3.85. The maximum Gasteiger partial charge on any atom is 0.372 e. The molecule has 0 saturated heterocycles. The number of carbonyl (C=O) groups excluding carboxylic acids is 1. The predicted octanol–water partition coefficient (Wildman–Crippen LogP) is 5.05. The van der Waals surface area contributed by atoms with E-state index in [4.69, 9.17) is 9.47 Å². The molecule has 0 bridgehead atoms. The summed E-state index contributed by atoms with van der Waals surface area (Å²) >= 11 is 1.05. The van der Waals surface area contributed by atoms with Crippen molar-refractivity contribution in [1.29, 1.82) is 0 Å². The molecule has 0 spiro atoms. The van der Waals surface area contributed by atoms with Crippen LogP contribution in [0.15, 0.2) is 36.4 Å². The van der Waals surface area contributed by atoms with Gasteiger partial charge in [-0.25, -0.2) is 4.79 Å². The summed E-state index contributed by atoms with van der Waals surface area (Å²) in [6.07, 6.45) is 1.70. The van der Waals surface area contributed by atoms with Crippen LogP contribution in [0.3, 0.4) is 0 Å². The van der Waals surface area contributed by atoms with E-state index >= 15 is 0 Å². The number of benzene rings is 2. The van der Waals surface area contributed by atoms with Gasteiger partial charge >= 0.3 is 5.30 Å². The zero-order valence-corrected chi connectivity index (χ0v) is 14.1. The van der Waals surface area contributed by atoms with E-state index < -0.39 is 0 Å². The molecule has 0 radical (unpaired) electrons. The van der Waals surface area contributed by atoms with Crippen LogP contribution in [-0.2, 0) is 6.61 Å². The third-order valence-electron chi connectivity index (χ3n) is 3.43. The smallest absolute Gasteiger partial charge is 0.372 e. The van der Waals surface area contributed by atoms with Crippen LogP contribution in [-0.4, -0.2) is 11.6 Å². The number of hydrogen-bond acceptors (Lipinski definition) is 4. The van der Waals surface area contributed by atoms with Crippen molar-refractivity contribution in [2.24, 2.45) is 0 Å². The quantitative estimate of drug-likeness (QED) is 0.739. The van der Waals surface area contributed by atoms with Crippen molar-refractivity contribution in [2.45, 2.75) is 27.4 Å². The van der Waals surface area contributed by atoms with Crippen molar-refractivity contribution in [2.75, 3.05) is 6.26 Å². The van der Waals surface area contributed by atoms with Gasteiger partial charge in [0, 0.05) is 5.56 Å². The van der Waals surface area contributed by atoms with E-state index in [2.05, 4.69) is 13.0 Å². The first-order chi connectivity index (χ1) is 10.5. The molecule has 0 atom stereocenters. The minimum Gasteiger partial charge on any atom is -0.488 e. The fourth-order valence-electron chi connectivity index (χ4n) is 2.20. The molecule has 0 heterocycles. The molecule has 0 amide bonds. The summed E-state index contributed by atoms with van der Waals surface area (Å²) in [5, 5.41) is -0.321. The zero-order chi connectivity index (χ0) is 16.1. The van der Waals surface area contributed by atoms with E-state index in [1.165, 1.54) is 5.56 Å². The molecule has 22 heavy (non-hydrogen) atoms. The van der Waals surface area contributed by atoms with Crippen molar-refractivity contribution in [3.63, 3.8) is 0 Å². The first-order valence-corrected chi connectivity index (χ1v) is 8.28. The molecule has 116 valence electrons. The van der Waals surface area contributed by atoms with Crippen LogP contribution in [0, 0.1) is 20.8 Å². The van der Waals surface area contributed by atoms with Crippen LogP contribution < -0.4 is 9.47 Å². The minimum atomic E-state index is -0.321. The van der Waals surface area contributed by atoms with Crippen molar-refractivity contribution >= 4 is 17.1 Å². The molecule has 0 aromatic heterocycles. The second kappa shape index (κ2) is 7.36. The Balaban J connectivity index is 2.19. The standard InChI is InChI=1S/C18H20O3S/c1-12-8-9-16(14(3)10-12)20-11-15-13(2)6-5-7-17(15)21-18(19)22-4/h5-10H,11H2,1-4H3. The third kappa shape index (κ3) is 4.04. The molecule has 2 aromatic carbocycles. The Hall–Kier alpha value is -1.94. The van der Waals surface area contributed by atoms with E-state index in [1.54, 1.807) is 12.3 Å². The summed E-state index contributed by atoms with van der Waals surface area (Å²) in [5.74, 6) is 1.40. The lowest BCUT2D eigenvalue weighted by molar-refractivity contribution is 0.225. The van der Waals surface area contributed by atoms with Crippen LogP contribution in [0.1, 0.15) is 22.3 Å². The van der Waals surface area contributed by atoms with Crippen molar-refractivity contribution in [1.82, 2.24) is 0 Å². The molecule has 0 saturated carbocycles. The monoisotopic (exact) mass is 316 g/mol. The number of rotatable bonds is 4. The van der Waals surface area contributed by atoms with Crippen LogP contribution in [0.2, 0.25) is 0 Å². The molecule has 2 aromatic rings. The van der Waals surface area contributed by atoms with Gasteiger partial charge in [-0.2, -0.15) is 0 Å². The second-order valence-corrected chi connectivity index (χ2v) is 5.91. The molecular weight excluding hydrogens is 296 g/mol. The van der Waals surface area contributed by atoms with Crippen molar-refractivity contribution < 1.29 is 14.3 Å². The molecular formula is C18H20O3S. The number of hydrogen-bond donors (Lipinski definition) is 0. The molecule has 0 aliphatic carbocycles. The molecule has 0 N–H and O–H groups in total. The van der Waals surface area contributed by atoms with E-state index in [-0.39, 0.29) is 5.30 Å². The summed E-state index contributed by atoms with van der Waals surface area (Å²) in [7, 11) is 0.